The standard InChI is InChI=1S/C6H13NO2/c1-5-4-9-6(3-8)2-7-5/h5-8H,2-4H2,1H3/t5-,6?/m0/s1. The van der Waals surface area contributed by atoms with Crippen molar-refractivity contribution < 1.29 is 9.84 Å². The van der Waals surface area contributed by atoms with Gasteiger partial charge >= 0.3 is 0 Å². The van der Waals surface area contributed by atoms with Gasteiger partial charge in [0.15, 0.2) is 0 Å². The summed E-state index contributed by atoms with van der Waals surface area (Å²) in [5.74, 6) is 0. The summed E-state index contributed by atoms with van der Waals surface area (Å²) in [5, 5.41) is 11.8. The largest absolute Gasteiger partial charge is 0.394 e. The molecule has 0 radical (unpaired) electrons. The van der Waals surface area contributed by atoms with Gasteiger partial charge in [-0.05, 0) is 6.92 Å². The van der Waals surface area contributed by atoms with Crippen LogP contribution in [0.25, 0.3) is 0 Å². The van der Waals surface area contributed by atoms with Crippen molar-refractivity contribution in [2.24, 2.45) is 0 Å². The molecule has 1 aliphatic heterocycles. The van der Waals surface area contributed by atoms with E-state index in [4.69, 9.17) is 9.84 Å². The van der Waals surface area contributed by atoms with Crippen LogP contribution in [0.2, 0.25) is 0 Å². The second-order valence-corrected chi connectivity index (χ2v) is 2.45. The van der Waals surface area contributed by atoms with E-state index in [2.05, 4.69) is 12.2 Å². The van der Waals surface area contributed by atoms with Gasteiger partial charge in [0, 0.05) is 12.6 Å². The van der Waals surface area contributed by atoms with E-state index in [0.29, 0.717) is 12.6 Å². The van der Waals surface area contributed by atoms with Gasteiger partial charge in [0.2, 0.25) is 0 Å². The Morgan fingerprint density at radius 1 is 1.78 bits per heavy atom. The van der Waals surface area contributed by atoms with Crippen molar-refractivity contribution in [1.29, 1.82) is 0 Å². The second kappa shape index (κ2) is 3.15. The smallest absolute Gasteiger partial charge is 0.0930 e. The minimum atomic E-state index is 0.0150. The number of hydrogen-bond acceptors (Lipinski definition) is 3. The van der Waals surface area contributed by atoms with Crippen LogP contribution in [0.5, 0.6) is 0 Å². The lowest BCUT2D eigenvalue weighted by molar-refractivity contribution is -0.0222. The molecule has 1 unspecified atom stereocenters. The van der Waals surface area contributed by atoms with Crippen LogP contribution >= 0.6 is 0 Å². The molecule has 0 aromatic heterocycles. The Labute approximate surface area is 55.0 Å². The van der Waals surface area contributed by atoms with Gasteiger partial charge in [0.1, 0.15) is 0 Å². The maximum absolute atomic E-state index is 8.61. The van der Waals surface area contributed by atoms with E-state index < -0.39 is 0 Å². The number of ether oxygens (including phenoxy) is 1. The Balaban J connectivity index is 2.18. The van der Waals surface area contributed by atoms with Crippen LogP contribution in [-0.4, -0.2) is 37.0 Å². The minimum absolute atomic E-state index is 0.0150. The van der Waals surface area contributed by atoms with Crippen molar-refractivity contribution in [2.45, 2.75) is 19.1 Å². The van der Waals surface area contributed by atoms with Crippen LogP contribution in [-0.2, 0) is 4.74 Å². The first-order valence-corrected chi connectivity index (χ1v) is 3.28. The van der Waals surface area contributed by atoms with E-state index in [0.717, 1.165) is 6.54 Å². The summed E-state index contributed by atoms with van der Waals surface area (Å²) >= 11 is 0. The molecule has 0 aromatic carbocycles. The van der Waals surface area contributed by atoms with Gasteiger partial charge < -0.3 is 15.2 Å². The van der Waals surface area contributed by atoms with E-state index in [-0.39, 0.29) is 12.7 Å². The van der Waals surface area contributed by atoms with Crippen molar-refractivity contribution in [3.05, 3.63) is 0 Å². The number of hydrogen-bond donors (Lipinski definition) is 2. The van der Waals surface area contributed by atoms with Crippen LogP contribution in [0.4, 0.5) is 0 Å². The molecule has 9 heavy (non-hydrogen) atoms. The highest BCUT2D eigenvalue weighted by atomic mass is 16.5. The zero-order valence-electron chi connectivity index (χ0n) is 5.63. The summed E-state index contributed by atoms with van der Waals surface area (Å²) in [7, 11) is 0. The molecule has 0 aromatic rings. The van der Waals surface area contributed by atoms with Crippen molar-refractivity contribution in [3.8, 4) is 0 Å². The molecule has 0 aliphatic carbocycles. The topological polar surface area (TPSA) is 41.5 Å². The molecule has 1 aliphatic rings. The predicted octanol–water partition coefficient (Wildman–Crippen LogP) is -0.644. The molecule has 2 N–H and O–H groups in total. The SMILES string of the molecule is C[C@H]1COC(CO)CN1. The highest BCUT2D eigenvalue weighted by Gasteiger charge is 2.15. The van der Waals surface area contributed by atoms with Crippen LogP contribution in [0.1, 0.15) is 6.92 Å². The quantitative estimate of drug-likeness (QED) is 0.497. The van der Waals surface area contributed by atoms with Gasteiger partial charge in [0.25, 0.3) is 0 Å². The predicted molar refractivity (Wildman–Crippen MR) is 34.3 cm³/mol. The summed E-state index contributed by atoms with van der Waals surface area (Å²) in [6.45, 7) is 3.68. The lowest BCUT2D eigenvalue weighted by atomic mass is 10.2. The van der Waals surface area contributed by atoms with E-state index in [9.17, 15) is 0 Å². The Hall–Kier alpha value is -0.120. The maximum atomic E-state index is 8.61. The molecule has 2 atom stereocenters. The first-order valence-electron chi connectivity index (χ1n) is 3.28. The fraction of sp³-hybridized carbons (Fsp3) is 1.00. The Kier molecular flexibility index (Phi) is 2.45. The molecule has 0 amide bonds. The maximum Gasteiger partial charge on any atom is 0.0930 e. The highest BCUT2D eigenvalue weighted by Crippen LogP contribution is 1.98. The van der Waals surface area contributed by atoms with Crippen LogP contribution in [0.15, 0.2) is 0 Å². The molecule has 1 rings (SSSR count). The molecule has 0 saturated carbocycles. The van der Waals surface area contributed by atoms with Gasteiger partial charge in [-0.3, -0.25) is 0 Å². The zero-order valence-corrected chi connectivity index (χ0v) is 5.63. The molecule has 3 heteroatoms. The second-order valence-electron chi connectivity index (χ2n) is 2.45. The minimum Gasteiger partial charge on any atom is -0.394 e. The van der Waals surface area contributed by atoms with Crippen molar-refractivity contribution in [1.82, 2.24) is 5.32 Å². The van der Waals surface area contributed by atoms with E-state index >= 15 is 0 Å². The number of morpholine rings is 1. The fourth-order valence-electron chi connectivity index (χ4n) is 0.848. The van der Waals surface area contributed by atoms with Gasteiger partial charge in [-0.15, -0.1) is 0 Å². The molecule has 1 saturated heterocycles. The van der Waals surface area contributed by atoms with Crippen molar-refractivity contribution >= 4 is 0 Å². The molecule has 3 nitrogen and oxygen atoms in total. The highest BCUT2D eigenvalue weighted by molar-refractivity contribution is 4.71. The normalized spacial score (nSPS) is 36.7. The molecule has 54 valence electrons. The molecule has 1 heterocycles. The first kappa shape index (κ1) is 6.99. The van der Waals surface area contributed by atoms with E-state index in [1.165, 1.54) is 0 Å². The fourth-order valence-corrected chi connectivity index (χ4v) is 0.848. The average molecular weight is 131 g/mol. The third-order valence-corrected chi connectivity index (χ3v) is 1.48. The van der Waals surface area contributed by atoms with Gasteiger partial charge in [-0.25, -0.2) is 0 Å². The number of nitrogens with one attached hydrogen (secondary N) is 1. The summed E-state index contributed by atoms with van der Waals surface area (Å²) in [4.78, 5) is 0. The summed E-state index contributed by atoms with van der Waals surface area (Å²) < 4.78 is 5.23. The average Bonchev–Trinajstić information content (AvgIpc) is 1.90. The monoisotopic (exact) mass is 131 g/mol. The molecule has 0 spiro atoms. The number of aliphatic hydroxyl groups excluding tert-OH is 1. The Morgan fingerprint density at radius 3 is 3.00 bits per heavy atom. The number of rotatable bonds is 1. The van der Waals surface area contributed by atoms with E-state index in [1.54, 1.807) is 0 Å². The summed E-state index contributed by atoms with van der Waals surface area (Å²) in [6, 6.07) is 0.438. The molecular formula is C6H13NO2. The van der Waals surface area contributed by atoms with Crippen LogP contribution < -0.4 is 5.32 Å². The lowest BCUT2D eigenvalue weighted by Crippen LogP contribution is -2.46. The molecule has 1 fully saturated rings. The third-order valence-electron chi connectivity index (χ3n) is 1.48. The summed E-state index contributed by atoms with van der Waals surface area (Å²) in [6.07, 6.45) is 0.0150. The first-order chi connectivity index (χ1) is 4.33. The van der Waals surface area contributed by atoms with Crippen molar-refractivity contribution in [3.63, 3.8) is 0 Å². The van der Waals surface area contributed by atoms with Gasteiger partial charge in [-0.1, -0.05) is 0 Å². The summed E-state index contributed by atoms with van der Waals surface area (Å²) in [5.41, 5.74) is 0. The third kappa shape index (κ3) is 1.93. The zero-order chi connectivity index (χ0) is 6.69. The Bertz CT molecular complexity index is 79.1. The van der Waals surface area contributed by atoms with Crippen LogP contribution in [0.3, 0.4) is 0 Å². The molecular weight excluding hydrogens is 118 g/mol. The van der Waals surface area contributed by atoms with Gasteiger partial charge in [0.05, 0.1) is 19.3 Å². The molecule has 0 bridgehead atoms. The lowest BCUT2D eigenvalue weighted by Gasteiger charge is -2.26. The van der Waals surface area contributed by atoms with Crippen LogP contribution in [0, 0.1) is 0 Å². The van der Waals surface area contributed by atoms with E-state index in [1.807, 2.05) is 0 Å². The Morgan fingerprint density at radius 2 is 2.56 bits per heavy atom. The van der Waals surface area contributed by atoms with Crippen molar-refractivity contribution in [2.75, 3.05) is 19.8 Å². The number of aliphatic hydroxyl groups is 1. The van der Waals surface area contributed by atoms with Gasteiger partial charge in [-0.2, -0.15) is 0 Å².